The van der Waals surface area contributed by atoms with Crippen LogP contribution in [0.15, 0.2) is 30.3 Å². The Hall–Kier alpha value is -1.92. The Kier molecular flexibility index (Phi) is 6.36. The number of aryl methyl sites for hydroxylation is 1. The highest BCUT2D eigenvalue weighted by Gasteiger charge is 2.20. The van der Waals surface area contributed by atoms with Crippen LogP contribution in [-0.4, -0.2) is 55.6 Å². The third-order valence-corrected chi connectivity index (χ3v) is 3.71. The molecule has 1 saturated heterocycles. The minimum Gasteiger partial charge on any atom is -0.379 e. The Morgan fingerprint density at radius 3 is 2.55 bits per heavy atom. The molecule has 2 rings (SSSR count). The quantitative estimate of drug-likeness (QED) is 0.738. The van der Waals surface area contributed by atoms with Crippen LogP contribution >= 0.6 is 0 Å². The summed E-state index contributed by atoms with van der Waals surface area (Å²) in [6, 6.07) is 9.20. The molecule has 0 spiro atoms. The van der Waals surface area contributed by atoms with E-state index in [1.807, 2.05) is 35.2 Å². The van der Waals surface area contributed by atoms with Gasteiger partial charge >= 0.3 is 0 Å². The molecule has 1 unspecified atom stereocenters. The van der Waals surface area contributed by atoms with E-state index in [9.17, 15) is 9.59 Å². The third-order valence-electron chi connectivity index (χ3n) is 3.71. The van der Waals surface area contributed by atoms with Crippen molar-refractivity contribution in [3.8, 4) is 0 Å². The fourth-order valence-corrected chi connectivity index (χ4v) is 2.44. The van der Waals surface area contributed by atoms with Gasteiger partial charge < -0.3 is 15.8 Å². The Morgan fingerprint density at radius 1 is 1.23 bits per heavy atom. The maximum Gasteiger partial charge on any atom is 0.240 e. The van der Waals surface area contributed by atoms with Crippen LogP contribution in [0.3, 0.4) is 0 Å². The standard InChI is InChI=1S/C16H23N3O3/c17-16(21)14(7-6-13-4-2-1-3-5-13)18-15(20)12-19-8-10-22-11-9-19/h1-5,14H,6-12H2,(H2,17,21)(H,18,20). The number of primary amides is 1. The van der Waals surface area contributed by atoms with E-state index >= 15 is 0 Å². The number of carbonyl (C=O) groups is 2. The molecule has 3 N–H and O–H groups in total. The van der Waals surface area contributed by atoms with Gasteiger partial charge in [0.15, 0.2) is 0 Å². The second-order valence-electron chi connectivity index (χ2n) is 5.44. The lowest BCUT2D eigenvalue weighted by Gasteiger charge is -2.26. The van der Waals surface area contributed by atoms with Crippen LogP contribution < -0.4 is 11.1 Å². The molecule has 1 aliphatic heterocycles. The van der Waals surface area contributed by atoms with Gasteiger partial charge in [-0.05, 0) is 18.4 Å². The van der Waals surface area contributed by atoms with Crippen LogP contribution in [0, 0.1) is 0 Å². The summed E-state index contributed by atoms with van der Waals surface area (Å²) in [6.07, 6.45) is 1.21. The van der Waals surface area contributed by atoms with Crippen molar-refractivity contribution in [1.29, 1.82) is 0 Å². The van der Waals surface area contributed by atoms with Gasteiger partial charge in [0, 0.05) is 13.1 Å². The molecule has 1 atom stereocenters. The molecule has 2 amide bonds. The smallest absolute Gasteiger partial charge is 0.240 e. The van der Waals surface area contributed by atoms with Gasteiger partial charge in [-0.1, -0.05) is 30.3 Å². The lowest BCUT2D eigenvalue weighted by Crippen LogP contribution is -2.49. The zero-order valence-electron chi connectivity index (χ0n) is 12.7. The van der Waals surface area contributed by atoms with E-state index in [1.165, 1.54) is 0 Å². The van der Waals surface area contributed by atoms with Crippen molar-refractivity contribution in [2.45, 2.75) is 18.9 Å². The maximum atomic E-state index is 12.0. The van der Waals surface area contributed by atoms with E-state index in [0.717, 1.165) is 18.7 Å². The summed E-state index contributed by atoms with van der Waals surface area (Å²) < 4.78 is 5.24. The lowest BCUT2D eigenvalue weighted by molar-refractivity contribution is -0.128. The number of nitrogens with zero attached hydrogens (tertiary/aromatic N) is 1. The van der Waals surface area contributed by atoms with E-state index in [4.69, 9.17) is 10.5 Å². The van der Waals surface area contributed by atoms with Crippen LogP contribution in [0.1, 0.15) is 12.0 Å². The first-order chi connectivity index (χ1) is 10.6. The number of carbonyl (C=O) groups excluding carboxylic acids is 2. The van der Waals surface area contributed by atoms with Crippen LogP contribution in [0.5, 0.6) is 0 Å². The maximum absolute atomic E-state index is 12.0. The normalized spacial score (nSPS) is 16.9. The number of benzene rings is 1. The zero-order chi connectivity index (χ0) is 15.8. The Bertz CT molecular complexity index is 487. The molecule has 6 nitrogen and oxygen atoms in total. The number of nitrogens with two attached hydrogens (primary N) is 1. The predicted octanol–water partition coefficient (Wildman–Crippen LogP) is -0.0785. The van der Waals surface area contributed by atoms with Crippen LogP contribution in [0.4, 0.5) is 0 Å². The number of amides is 2. The summed E-state index contributed by atoms with van der Waals surface area (Å²) in [5, 5.41) is 2.74. The average molecular weight is 305 g/mol. The summed E-state index contributed by atoms with van der Waals surface area (Å²) in [5.74, 6) is -0.662. The van der Waals surface area contributed by atoms with Crippen LogP contribution in [0.2, 0.25) is 0 Å². The number of hydrogen-bond donors (Lipinski definition) is 2. The molecule has 1 aromatic rings. The number of hydrogen-bond acceptors (Lipinski definition) is 4. The minimum atomic E-state index is -0.631. The van der Waals surface area contributed by atoms with Crippen molar-refractivity contribution < 1.29 is 14.3 Å². The molecule has 1 fully saturated rings. The van der Waals surface area contributed by atoms with Gasteiger partial charge in [0.25, 0.3) is 0 Å². The van der Waals surface area contributed by atoms with Crippen LogP contribution in [0.25, 0.3) is 0 Å². The van der Waals surface area contributed by atoms with E-state index in [0.29, 0.717) is 26.1 Å². The Labute approximate surface area is 130 Å². The zero-order valence-corrected chi connectivity index (χ0v) is 12.7. The van der Waals surface area contributed by atoms with Gasteiger partial charge in [-0.15, -0.1) is 0 Å². The molecular formula is C16H23N3O3. The van der Waals surface area contributed by atoms with Gasteiger partial charge in [0.1, 0.15) is 6.04 Å². The fraction of sp³-hybridized carbons (Fsp3) is 0.500. The molecule has 0 saturated carbocycles. The van der Waals surface area contributed by atoms with Gasteiger partial charge in [0.05, 0.1) is 19.8 Å². The second-order valence-corrected chi connectivity index (χ2v) is 5.44. The topological polar surface area (TPSA) is 84.7 Å². The van der Waals surface area contributed by atoms with Crippen molar-refractivity contribution in [1.82, 2.24) is 10.2 Å². The molecule has 22 heavy (non-hydrogen) atoms. The molecule has 1 heterocycles. The van der Waals surface area contributed by atoms with E-state index in [-0.39, 0.29) is 12.5 Å². The summed E-state index contributed by atoms with van der Waals surface area (Å²) >= 11 is 0. The molecule has 1 aromatic carbocycles. The SMILES string of the molecule is NC(=O)C(CCc1ccccc1)NC(=O)CN1CCOCC1. The van der Waals surface area contributed by atoms with E-state index in [1.54, 1.807) is 0 Å². The Morgan fingerprint density at radius 2 is 1.91 bits per heavy atom. The number of morpholine rings is 1. The first-order valence-corrected chi connectivity index (χ1v) is 7.58. The molecule has 0 aromatic heterocycles. The first kappa shape index (κ1) is 16.5. The fourth-order valence-electron chi connectivity index (χ4n) is 2.44. The first-order valence-electron chi connectivity index (χ1n) is 7.58. The average Bonchev–Trinajstić information content (AvgIpc) is 2.53. The van der Waals surface area contributed by atoms with Gasteiger partial charge in [0.2, 0.25) is 11.8 Å². The highest BCUT2D eigenvalue weighted by Crippen LogP contribution is 2.05. The molecular weight excluding hydrogens is 282 g/mol. The lowest BCUT2D eigenvalue weighted by atomic mass is 10.0. The summed E-state index contributed by atoms with van der Waals surface area (Å²) in [6.45, 7) is 3.02. The van der Waals surface area contributed by atoms with Gasteiger partial charge in [-0.25, -0.2) is 0 Å². The second kappa shape index (κ2) is 8.51. The van der Waals surface area contributed by atoms with Gasteiger partial charge in [-0.2, -0.15) is 0 Å². The monoisotopic (exact) mass is 305 g/mol. The molecule has 6 heteroatoms. The molecule has 0 radical (unpaired) electrons. The van der Waals surface area contributed by atoms with Crippen molar-refractivity contribution in [3.63, 3.8) is 0 Å². The highest BCUT2D eigenvalue weighted by molar-refractivity contribution is 5.87. The summed E-state index contributed by atoms with van der Waals surface area (Å²) in [7, 11) is 0. The predicted molar refractivity (Wildman–Crippen MR) is 83.1 cm³/mol. The van der Waals surface area contributed by atoms with E-state index in [2.05, 4.69) is 5.32 Å². The summed E-state index contributed by atoms with van der Waals surface area (Å²) in [5.41, 5.74) is 6.52. The number of rotatable bonds is 7. The van der Waals surface area contributed by atoms with Gasteiger partial charge in [-0.3, -0.25) is 14.5 Å². The molecule has 0 aliphatic carbocycles. The number of ether oxygens (including phenoxy) is 1. The van der Waals surface area contributed by atoms with Crippen molar-refractivity contribution in [3.05, 3.63) is 35.9 Å². The highest BCUT2D eigenvalue weighted by atomic mass is 16.5. The van der Waals surface area contributed by atoms with Crippen LogP contribution in [-0.2, 0) is 20.7 Å². The van der Waals surface area contributed by atoms with Crippen molar-refractivity contribution >= 4 is 11.8 Å². The largest absolute Gasteiger partial charge is 0.379 e. The third kappa shape index (κ3) is 5.46. The number of nitrogens with one attached hydrogen (secondary N) is 1. The van der Waals surface area contributed by atoms with E-state index < -0.39 is 11.9 Å². The van der Waals surface area contributed by atoms with Crippen molar-refractivity contribution in [2.75, 3.05) is 32.8 Å². The minimum absolute atomic E-state index is 0.168. The summed E-state index contributed by atoms with van der Waals surface area (Å²) in [4.78, 5) is 25.6. The molecule has 120 valence electrons. The molecule has 0 bridgehead atoms. The Balaban J connectivity index is 1.80. The van der Waals surface area contributed by atoms with Crippen molar-refractivity contribution in [2.24, 2.45) is 5.73 Å². The molecule has 1 aliphatic rings.